The molecule has 0 amide bonds. The minimum Gasteiger partial charge on any atom is -0.298 e. The molecular formula is C15H9IO. The Hall–Kier alpha value is -1.42. The lowest BCUT2D eigenvalue weighted by molar-refractivity contribution is 0.112. The summed E-state index contributed by atoms with van der Waals surface area (Å²) in [6.07, 6.45) is 0.943. The van der Waals surface area contributed by atoms with Crippen molar-refractivity contribution in [2.45, 2.75) is 0 Å². The molecule has 3 aromatic carbocycles. The van der Waals surface area contributed by atoms with Gasteiger partial charge in [-0.25, -0.2) is 0 Å². The van der Waals surface area contributed by atoms with Crippen molar-refractivity contribution in [3.05, 3.63) is 57.7 Å². The van der Waals surface area contributed by atoms with Crippen molar-refractivity contribution in [2.24, 2.45) is 0 Å². The van der Waals surface area contributed by atoms with Gasteiger partial charge in [0, 0.05) is 9.13 Å². The summed E-state index contributed by atoms with van der Waals surface area (Å²) in [5.74, 6) is 0. The first-order chi connectivity index (χ1) is 8.29. The molecule has 0 unspecified atom stereocenters. The number of benzene rings is 3. The molecule has 0 aliphatic rings. The highest BCUT2D eigenvalue weighted by molar-refractivity contribution is 14.1. The fourth-order valence-corrected chi connectivity index (χ4v) is 2.73. The fraction of sp³-hybridized carbons (Fsp3) is 0. The highest BCUT2D eigenvalue weighted by Gasteiger charge is 2.05. The van der Waals surface area contributed by atoms with Crippen LogP contribution in [-0.4, -0.2) is 6.29 Å². The molecule has 0 bridgehead atoms. The van der Waals surface area contributed by atoms with Crippen LogP contribution in [-0.2, 0) is 0 Å². The first-order valence-corrected chi connectivity index (χ1v) is 6.43. The highest BCUT2D eigenvalue weighted by Crippen LogP contribution is 2.27. The first-order valence-electron chi connectivity index (χ1n) is 5.36. The zero-order chi connectivity index (χ0) is 11.8. The van der Waals surface area contributed by atoms with Crippen molar-refractivity contribution in [1.29, 1.82) is 0 Å². The Morgan fingerprint density at radius 1 is 0.882 bits per heavy atom. The summed E-state index contributed by atoms with van der Waals surface area (Å²) < 4.78 is 1.00. The molecule has 0 aliphatic carbocycles. The smallest absolute Gasteiger partial charge is 0.151 e. The summed E-state index contributed by atoms with van der Waals surface area (Å²) in [5, 5.41) is 4.53. The van der Waals surface area contributed by atoms with Crippen LogP contribution < -0.4 is 0 Å². The summed E-state index contributed by atoms with van der Waals surface area (Å²) >= 11 is 2.20. The minimum atomic E-state index is 0.786. The van der Waals surface area contributed by atoms with Gasteiger partial charge < -0.3 is 0 Å². The Balaban J connectivity index is 2.52. The first kappa shape index (κ1) is 10.7. The number of carbonyl (C=O) groups excluding carboxylic acids is 1. The Labute approximate surface area is 113 Å². The lowest BCUT2D eigenvalue weighted by Crippen LogP contribution is -1.88. The highest BCUT2D eigenvalue weighted by atomic mass is 127. The monoisotopic (exact) mass is 332 g/mol. The largest absolute Gasteiger partial charge is 0.298 e. The van der Waals surface area contributed by atoms with Crippen LogP contribution in [0.2, 0.25) is 0 Å². The lowest BCUT2D eigenvalue weighted by atomic mass is 10.0. The van der Waals surface area contributed by atoms with E-state index in [1.807, 2.05) is 18.2 Å². The third kappa shape index (κ3) is 1.72. The number of carbonyl (C=O) groups is 1. The van der Waals surface area contributed by atoms with Crippen LogP contribution in [0.25, 0.3) is 21.5 Å². The van der Waals surface area contributed by atoms with E-state index in [1.54, 1.807) is 0 Å². The molecule has 3 aromatic rings. The summed E-state index contributed by atoms with van der Waals surface area (Å²) in [6.45, 7) is 0. The second-order valence-corrected chi connectivity index (χ2v) is 5.16. The topological polar surface area (TPSA) is 17.1 Å². The Kier molecular flexibility index (Phi) is 2.59. The van der Waals surface area contributed by atoms with E-state index in [1.165, 1.54) is 10.8 Å². The lowest BCUT2D eigenvalue weighted by Gasteiger charge is -2.06. The molecule has 0 heterocycles. The van der Waals surface area contributed by atoms with Crippen molar-refractivity contribution in [1.82, 2.24) is 0 Å². The van der Waals surface area contributed by atoms with Crippen LogP contribution in [0.4, 0.5) is 0 Å². The number of fused-ring (bicyclic) bond motifs is 2. The third-order valence-corrected chi connectivity index (χ3v) is 3.93. The zero-order valence-corrected chi connectivity index (χ0v) is 11.1. The van der Waals surface area contributed by atoms with Gasteiger partial charge in [-0.05, 0) is 62.3 Å². The molecule has 17 heavy (non-hydrogen) atoms. The van der Waals surface area contributed by atoms with E-state index in [2.05, 4.69) is 52.9 Å². The molecule has 0 N–H and O–H groups in total. The van der Waals surface area contributed by atoms with E-state index < -0.39 is 0 Å². The molecule has 82 valence electrons. The van der Waals surface area contributed by atoms with E-state index in [0.717, 1.165) is 26.2 Å². The van der Waals surface area contributed by atoms with E-state index in [-0.39, 0.29) is 0 Å². The predicted octanol–water partition coefficient (Wildman–Crippen LogP) is 4.41. The van der Waals surface area contributed by atoms with Crippen molar-refractivity contribution in [3.8, 4) is 0 Å². The molecule has 0 saturated heterocycles. The summed E-state index contributed by atoms with van der Waals surface area (Å²) in [5.41, 5.74) is 0.786. The van der Waals surface area contributed by atoms with Gasteiger partial charge >= 0.3 is 0 Å². The summed E-state index contributed by atoms with van der Waals surface area (Å²) in [7, 11) is 0. The van der Waals surface area contributed by atoms with Gasteiger partial charge in [0.25, 0.3) is 0 Å². The van der Waals surface area contributed by atoms with E-state index in [9.17, 15) is 4.79 Å². The second kappa shape index (κ2) is 4.11. The molecular weight excluding hydrogens is 323 g/mol. The molecule has 0 radical (unpaired) electrons. The standard InChI is InChI=1S/C15H9IO/c16-15-6-5-12-7-10-3-1-2-4-11(10)8-13(12)14(15)9-17/h1-9H. The Morgan fingerprint density at radius 3 is 2.29 bits per heavy atom. The van der Waals surface area contributed by atoms with Gasteiger partial charge in [-0.3, -0.25) is 4.79 Å². The van der Waals surface area contributed by atoms with E-state index in [0.29, 0.717) is 0 Å². The maximum absolute atomic E-state index is 11.2. The maximum atomic E-state index is 11.2. The van der Waals surface area contributed by atoms with Gasteiger partial charge in [-0.15, -0.1) is 0 Å². The molecule has 3 rings (SSSR count). The van der Waals surface area contributed by atoms with Crippen molar-refractivity contribution >= 4 is 50.4 Å². The van der Waals surface area contributed by atoms with Crippen molar-refractivity contribution in [2.75, 3.05) is 0 Å². The number of aldehydes is 1. The van der Waals surface area contributed by atoms with Gasteiger partial charge in [0.1, 0.15) is 0 Å². The molecule has 0 saturated carbocycles. The average molecular weight is 332 g/mol. The third-order valence-electron chi connectivity index (χ3n) is 2.99. The zero-order valence-electron chi connectivity index (χ0n) is 8.98. The average Bonchev–Trinajstić information content (AvgIpc) is 2.36. The van der Waals surface area contributed by atoms with Crippen molar-refractivity contribution < 1.29 is 4.79 Å². The predicted molar refractivity (Wildman–Crippen MR) is 79.6 cm³/mol. The summed E-state index contributed by atoms with van der Waals surface area (Å²) in [4.78, 5) is 11.2. The Morgan fingerprint density at radius 2 is 1.59 bits per heavy atom. The maximum Gasteiger partial charge on any atom is 0.151 e. The van der Waals surface area contributed by atoms with Crippen LogP contribution in [0.1, 0.15) is 10.4 Å². The fourth-order valence-electron chi connectivity index (χ4n) is 2.13. The molecule has 0 aliphatic heterocycles. The van der Waals surface area contributed by atoms with E-state index in [4.69, 9.17) is 0 Å². The second-order valence-electron chi connectivity index (χ2n) is 4.00. The van der Waals surface area contributed by atoms with Gasteiger partial charge in [-0.1, -0.05) is 30.3 Å². The van der Waals surface area contributed by atoms with Gasteiger partial charge in [0.15, 0.2) is 6.29 Å². The van der Waals surface area contributed by atoms with Crippen LogP contribution in [0.15, 0.2) is 48.5 Å². The molecule has 0 aromatic heterocycles. The minimum absolute atomic E-state index is 0.786. The number of rotatable bonds is 1. The number of hydrogen-bond acceptors (Lipinski definition) is 1. The molecule has 0 atom stereocenters. The van der Waals surface area contributed by atoms with Crippen LogP contribution in [0.3, 0.4) is 0 Å². The number of halogens is 1. The SMILES string of the molecule is O=Cc1c(I)ccc2cc3ccccc3cc12. The van der Waals surface area contributed by atoms with Crippen LogP contribution in [0, 0.1) is 3.57 Å². The van der Waals surface area contributed by atoms with Crippen LogP contribution >= 0.6 is 22.6 Å². The van der Waals surface area contributed by atoms with Crippen molar-refractivity contribution in [3.63, 3.8) is 0 Å². The Bertz CT molecular complexity index is 731. The molecule has 0 fully saturated rings. The van der Waals surface area contributed by atoms with Gasteiger partial charge in [0.05, 0.1) is 0 Å². The number of hydrogen-bond donors (Lipinski definition) is 0. The normalized spacial score (nSPS) is 10.9. The quantitative estimate of drug-likeness (QED) is 0.366. The molecule has 0 spiro atoms. The molecule has 2 heteroatoms. The van der Waals surface area contributed by atoms with E-state index >= 15 is 0 Å². The van der Waals surface area contributed by atoms with Gasteiger partial charge in [-0.2, -0.15) is 0 Å². The van der Waals surface area contributed by atoms with Crippen LogP contribution in [0.5, 0.6) is 0 Å². The summed E-state index contributed by atoms with van der Waals surface area (Å²) in [6, 6.07) is 16.5. The van der Waals surface area contributed by atoms with Gasteiger partial charge in [0.2, 0.25) is 0 Å². The molecule has 1 nitrogen and oxygen atoms in total.